The van der Waals surface area contributed by atoms with Gasteiger partial charge in [-0.15, -0.1) is 0 Å². The summed E-state index contributed by atoms with van der Waals surface area (Å²) in [6, 6.07) is 70.5. The Bertz CT molecular complexity index is 3020. The zero-order valence-corrected chi connectivity index (χ0v) is 34.3. The zero-order valence-electron chi connectivity index (χ0n) is 33.3. The van der Waals surface area contributed by atoms with Crippen molar-refractivity contribution in [2.24, 2.45) is 0 Å². The van der Waals surface area contributed by atoms with Gasteiger partial charge in [0.2, 0.25) is 0 Å². The maximum atomic E-state index is 5.19. The molecule has 0 aliphatic heterocycles. The van der Waals surface area contributed by atoms with Crippen LogP contribution in [0.15, 0.2) is 194 Å². The zero-order chi connectivity index (χ0) is 39.7. The van der Waals surface area contributed by atoms with Crippen LogP contribution in [0.25, 0.3) is 78.7 Å². The maximum Gasteiger partial charge on any atom is 0.164 e. The fourth-order valence-corrected chi connectivity index (χ4v) is 10.6. The first-order valence-corrected chi connectivity index (χ1v) is 23.9. The second-order valence-corrected chi connectivity index (χ2v) is 21.9. The van der Waals surface area contributed by atoms with Crippen LogP contribution in [0.2, 0.25) is 19.6 Å². The van der Waals surface area contributed by atoms with Gasteiger partial charge in [0.1, 0.15) is 0 Å². The number of hydrogen-bond acceptors (Lipinski definition) is 3. The molecule has 4 heteroatoms. The van der Waals surface area contributed by atoms with E-state index >= 15 is 0 Å². The molecule has 0 radical (unpaired) electrons. The highest BCUT2D eigenvalue weighted by atomic mass is 28.3. The average molecular weight is 772 g/mol. The summed E-state index contributed by atoms with van der Waals surface area (Å²) in [5, 5.41) is 1.45. The largest absolute Gasteiger partial charge is 0.208 e. The molecule has 280 valence electrons. The lowest BCUT2D eigenvalue weighted by molar-refractivity contribution is 0.794. The van der Waals surface area contributed by atoms with Crippen LogP contribution >= 0.6 is 0 Å². The van der Waals surface area contributed by atoms with E-state index in [1.807, 2.05) is 18.2 Å². The highest BCUT2D eigenvalue weighted by Crippen LogP contribution is 2.63. The second kappa shape index (κ2) is 13.5. The van der Waals surface area contributed by atoms with Crippen molar-refractivity contribution in [1.29, 1.82) is 0 Å². The van der Waals surface area contributed by atoms with Crippen LogP contribution in [-0.4, -0.2) is 23.0 Å². The third-order valence-electron chi connectivity index (χ3n) is 12.3. The molecule has 0 bridgehead atoms. The first-order valence-electron chi connectivity index (χ1n) is 20.4. The van der Waals surface area contributed by atoms with Crippen LogP contribution in [0.4, 0.5) is 0 Å². The van der Waals surface area contributed by atoms with E-state index in [1.54, 1.807) is 0 Å². The van der Waals surface area contributed by atoms with Gasteiger partial charge >= 0.3 is 0 Å². The van der Waals surface area contributed by atoms with Gasteiger partial charge in [-0.3, -0.25) is 0 Å². The quantitative estimate of drug-likeness (QED) is 0.158. The lowest BCUT2D eigenvalue weighted by Crippen LogP contribution is -2.37. The summed E-state index contributed by atoms with van der Waals surface area (Å²) < 4.78 is 0. The molecule has 0 saturated heterocycles. The Balaban J connectivity index is 1.03. The molecule has 1 spiro atoms. The van der Waals surface area contributed by atoms with Crippen molar-refractivity contribution < 1.29 is 0 Å². The highest BCUT2D eigenvalue weighted by Gasteiger charge is 2.51. The van der Waals surface area contributed by atoms with Crippen LogP contribution in [0.1, 0.15) is 22.3 Å². The van der Waals surface area contributed by atoms with Gasteiger partial charge in [0.05, 0.1) is 13.5 Å². The molecule has 11 rings (SSSR count). The van der Waals surface area contributed by atoms with Crippen molar-refractivity contribution in [2.75, 3.05) is 0 Å². The minimum absolute atomic E-state index is 0.397. The summed E-state index contributed by atoms with van der Waals surface area (Å²) in [4.78, 5) is 15.4. The molecule has 9 aromatic rings. The fraction of sp³-hybridized carbons (Fsp3) is 0.0727. The normalized spacial score (nSPS) is 13.1. The van der Waals surface area contributed by atoms with E-state index in [9.17, 15) is 0 Å². The summed E-state index contributed by atoms with van der Waals surface area (Å²) in [6.07, 6.45) is 0. The minimum atomic E-state index is -1.40. The van der Waals surface area contributed by atoms with E-state index in [1.165, 1.54) is 55.3 Å². The predicted molar refractivity (Wildman–Crippen MR) is 246 cm³/mol. The van der Waals surface area contributed by atoms with Crippen molar-refractivity contribution >= 4 is 13.3 Å². The number of fused-ring (bicyclic) bond motifs is 10. The third kappa shape index (κ3) is 5.66. The topological polar surface area (TPSA) is 38.7 Å². The molecule has 0 unspecified atom stereocenters. The summed E-state index contributed by atoms with van der Waals surface area (Å²) in [5.74, 6) is 1.94. The first-order chi connectivity index (χ1) is 28.9. The van der Waals surface area contributed by atoms with Gasteiger partial charge in [-0.05, 0) is 85.0 Å². The number of rotatable bonds is 6. The monoisotopic (exact) mass is 771 g/mol. The third-order valence-corrected chi connectivity index (χ3v) is 14.4. The SMILES string of the molecule is C[Si](C)(C)c1ccc(-c2cccc(-c3nc(-c4ccccc4)nc(-c4cccc(-c5ccc6c(c5)C5(c7ccccc7-c7ccccc75)c5ccccc5-6)c4)n3)c2)cc1. The van der Waals surface area contributed by atoms with Crippen LogP contribution in [0.5, 0.6) is 0 Å². The molecule has 2 aliphatic rings. The number of benzene rings is 8. The Kier molecular flexibility index (Phi) is 8.07. The maximum absolute atomic E-state index is 5.19. The summed E-state index contributed by atoms with van der Waals surface area (Å²) in [7, 11) is -1.40. The number of aromatic nitrogens is 3. The summed E-state index contributed by atoms with van der Waals surface area (Å²) >= 11 is 0. The van der Waals surface area contributed by atoms with Gasteiger partial charge < -0.3 is 0 Å². The van der Waals surface area contributed by atoms with Gasteiger partial charge in [-0.25, -0.2) is 15.0 Å². The van der Waals surface area contributed by atoms with Crippen molar-refractivity contribution in [2.45, 2.75) is 25.1 Å². The summed E-state index contributed by atoms with van der Waals surface area (Å²) in [5.41, 5.74) is 17.6. The Morgan fingerprint density at radius 3 is 1.22 bits per heavy atom. The highest BCUT2D eigenvalue weighted by molar-refractivity contribution is 6.88. The van der Waals surface area contributed by atoms with Gasteiger partial charge in [-0.2, -0.15) is 0 Å². The summed E-state index contributed by atoms with van der Waals surface area (Å²) in [6.45, 7) is 7.15. The molecule has 3 nitrogen and oxygen atoms in total. The fourth-order valence-electron chi connectivity index (χ4n) is 9.46. The smallest absolute Gasteiger partial charge is 0.164 e. The molecule has 2 aliphatic carbocycles. The van der Waals surface area contributed by atoms with E-state index in [0.29, 0.717) is 17.5 Å². The molecule has 59 heavy (non-hydrogen) atoms. The Morgan fingerprint density at radius 1 is 0.305 bits per heavy atom. The van der Waals surface area contributed by atoms with Crippen LogP contribution in [0.3, 0.4) is 0 Å². The van der Waals surface area contributed by atoms with Gasteiger partial charge in [0.25, 0.3) is 0 Å². The van der Waals surface area contributed by atoms with Crippen molar-refractivity contribution in [3.63, 3.8) is 0 Å². The van der Waals surface area contributed by atoms with Crippen LogP contribution < -0.4 is 5.19 Å². The molecular formula is C55H41N3Si. The van der Waals surface area contributed by atoms with Crippen molar-refractivity contribution in [3.05, 3.63) is 216 Å². The number of nitrogens with zero attached hydrogens (tertiary/aromatic N) is 3. The molecular weight excluding hydrogens is 731 g/mol. The van der Waals surface area contributed by atoms with E-state index in [0.717, 1.165) is 33.4 Å². The average Bonchev–Trinajstić information content (AvgIpc) is 3.76. The number of hydrogen-bond donors (Lipinski definition) is 0. The molecule has 8 aromatic carbocycles. The van der Waals surface area contributed by atoms with Crippen molar-refractivity contribution in [3.8, 4) is 78.7 Å². The lowest BCUT2D eigenvalue weighted by atomic mass is 9.70. The molecule has 0 N–H and O–H groups in total. The van der Waals surface area contributed by atoms with E-state index in [-0.39, 0.29) is 0 Å². The molecule has 0 fully saturated rings. The Morgan fingerprint density at radius 2 is 0.695 bits per heavy atom. The standard InChI is InChI=1S/C55H41N3Si/c1-59(2,3)43-30-27-36(28-31-43)38-17-13-19-41(33-38)53-56-52(37-15-5-4-6-16-37)57-54(58-53)42-20-14-18-39(34-42)40-29-32-47-46-23-9-12-26-50(46)55(51(47)35-40)48-24-10-7-21-44(48)45-22-8-11-25-49(45)55/h4-35H,1-3H3. The van der Waals surface area contributed by atoms with Crippen LogP contribution in [0, 0.1) is 0 Å². The Hall–Kier alpha value is -7.01. The minimum Gasteiger partial charge on any atom is -0.208 e. The second-order valence-electron chi connectivity index (χ2n) is 16.8. The van der Waals surface area contributed by atoms with Gasteiger partial charge in [0, 0.05) is 16.7 Å². The van der Waals surface area contributed by atoms with Crippen LogP contribution in [-0.2, 0) is 5.41 Å². The van der Waals surface area contributed by atoms with E-state index < -0.39 is 13.5 Å². The molecule has 0 saturated carbocycles. The molecule has 1 aromatic heterocycles. The molecule has 1 heterocycles. The predicted octanol–water partition coefficient (Wildman–Crippen LogP) is 13.1. The van der Waals surface area contributed by atoms with E-state index in [4.69, 9.17) is 15.0 Å². The molecule has 0 atom stereocenters. The first kappa shape index (κ1) is 35.2. The van der Waals surface area contributed by atoms with Crippen molar-refractivity contribution in [1.82, 2.24) is 15.0 Å². The van der Waals surface area contributed by atoms with E-state index in [2.05, 4.69) is 196 Å². The van der Waals surface area contributed by atoms with Gasteiger partial charge in [-0.1, -0.05) is 201 Å². The molecule has 0 amide bonds. The lowest BCUT2D eigenvalue weighted by Gasteiger charge is -2.30. The Labute approximate surface area is 346 Å². The van der Waals surface area contributed by atoms with Gasteiger partial charge in [0.15, 0.2) is 17.5 Å².